The highest BCUT2D eigenvalue weighted by atomic mass is 16.4. The first-order chi connectivity index (χ1) is 15.1. The van der Waals surface area contributed by atoms with Crippen molar-refractivity contribution < 1.29 is 14.7 Å². The predicted octanol–water partition coefficient (Wildman–Crippen LogP) is 4.76. The lowest BCUT2D eigenvalue weighted by Gasteiger charge is -2.20. The van der Waals surface area contributed by atoms with Gasteiger partial charge in [-0.2, -0.15) is 0 Å². The molecule has 0 fully saturated rings. The Labute approximate surface area is 180 Å². The maximum Gasteiger partial charge on any atom is 0.326 e. The van der Waals surface area contributed by atoms with Crippen LogP contribution in [0.2, 0.25) is 0 Å². The molecule has 1 amide bonds. The number of hydrogen-bond acceptors (Lipinski definition) is 2. The zero-order chi connectivity index (χ0) is 21.4. The molecule has 0 unspecified atom stereocenters. The van der Waals surface area contributed by atoms with Crippen LogP contribution < -0.4 is 5.32 Å². The number of carbonyl (C=O) groups excluding carboxylic acids is 1. The lowest BCUT2D eigenvalue weighted by atomic mass is 9.94. The molecule has 2 N–H and O–H groups in total. The Balaban J connectivity index is 1.46. The average Bonchev–Trinajstić information content (AvgIpc) is 3.13. The van der Waals surface area contributed by atoms with Gasteiger partial charge in [0.2, 0.25) is 5.91 Å². The summed E-state index contributed by atoms with van der Waals surface area (Å²) in [6, 6.07) is 28.3. The Morgan fingerprint density at radius 3 is 2.03 bits per heavy atom. The average molecular weight is 407 g/mol. The predicted molar refractivity (Wildman–Crippen MR) is 121 cm³/mol. The summed E-state index contributed by atoms with van der Waals surface area (Å²) in [4.78, 5) is 25.4. The minimum atomic E-state index is -1.04. The Morgan fingerprint density at radius 1 is 0.774 bits per heavy atom. The monoisotopic (exact) mass is 407 g/mol. The first-order valence-electron chi connectivity index (χ1n) is 10.3. The van der Waals surface area contributed by atoms with Gasteiger partial charge >= 0.3 is 5.97 Å². The molecule has 0 saturated carbocycles. The summed E-state index contributed by atoms with van der Waals surface area (Å²) < 4.78 is 0. The van der Waals surface area contributed by atoms with Crippen molar-refractivity contribution in [3.8, 4) is 11.1 Å². The van der Waals surface area contributed by atoms with Crippen LogP contribution in [0.1, 0.15) is 22.6 Å². The van der Waals surface area contributed by atoms with E-state index in [-0.39, 0.29) is 12.3 Å². The number of rotatable bonds is 5. The fourth-order valence-electron chi connectivity index (χ4n) is 4.58. The molecule has 0 saturated heterocycles. The summed E-state index contributed by atoms with van der Waals surface area (Å²) in [6.45, 7) is 0. The number of aliphatic carboxylic acids is 1. The molecule has 1 atom stereocenters. The van der Waals surface area contributed by atoms with E-state index in [1.807, 2.05) is 91.0 Å². The Hall–Kier alpha value is -3.92. The highest BCUT2D eigenvalue weighted by molar-refractivity contribution is 5.98. The SMILES string of the molecule is O=C(N[C@@H](Cc1cccc2ccccc12)C(=O)O)C1c2ccccc2-c2ccccc21. The molecule has 31 heavy (non-hydrogen) atoms. The van der Waals surface area contributed by atoms with Gasteiger partial charge in [0.05, 0.1) is 5.92 Å². The molecule has 4 aromatic carbocycles. The van der Waals surface area contributed by atoms with E-state index in [1.165, 1.54) is 0 Å². The van der Waals surface area contributed by atoms with Crippen LogP contribution >= 0.6 is 0 Å². The molecule has 152 valence electrons. The number of benzene rings is 4. The van der Waals surface area contributed by atoms with Gasteiger partial charge in [-0.05, 0) is 38.6 Å². The maximum atomic E-state index is 13.4. The highest BCUT2D eigenvalue weighted by Gasteiger charge is 2.35. The topological polar surface area (TPSA) is 66.4 Å². The van der Waals surface area contributed by atoms with E-state index in [2.05, 4.69) is 5.32 Å². The van der Waals surface area contributed by atoms with Crippen molar-refractivity contribution in [2.75, 3.05) is 0 Å². The minimum Gasteiger partial charge on any atom is -0.480 e. The summed E-state index contributed by atoms with van der Waals surface area (Å²) in [5.74, 6) is -1.84. The molecule has 4 aromatic rings. The van der Waals surface area contributed by atoms with E-state index in [9.17, 15) is 14.7 Å². The van der Waals surface area contributed by atoms with Crippen LogP contribution in [0, 0.1) is 0 Å². The van der Waals surface area contributed by atoms with Gasteiger partial charge in [-0.15, -0.1) is 0 Å². The highest BCUT2D eigenvalue weighted by Crippen LogP contribution is 2.44. The van der Waals surface area contributed by atoms with Crippen LogP contribution in [0.4, 0.5) is 0 Å². The lowest BCUT2D eigenvalue weighted by molar-refractivity contribution is -0.141. The van der Waals surface area contributed by atoms with E-state index in [4.69, 9.17) is 0 Å². The molecule has 0 aliphatic heterocycles. The van der Waals surface area contributed by atoms with Gasteiger partial charge in [-0.1, -0.05) is 91.0 Å². The summed E-state index contributed by atoms with van der Waals surface area (Å²) in [5, 5.41) is 14.7. The van der Waals surface area contributed by atoms with Crippen LogP contribution in [0.15, 0.2) is 91.0 Å². The Morgan fingerprint density at radius 2 is 1.35 bits per heavy atom. The first-order valence-corrected chi connectivity index (χ1v) is 10.3. The molecule has 0 bridgehead atoms. The van der Waals surface area contributed by atoms with Gasteiger partial charge in [0.1, 0.15) is 6.04 Å². The molecule has 4 nitrogen and oxygen atoms in total. The number of carboxylic acid groups (broad SMARTS) is 1. The summed E-state index contributed by atoms with van der Waals surface area (Å²) in [5.41, 5.74) is 4.78. The van der Waals surface area contributed by atoms with Crippen LogP contribution in [0.3, 0.4) is 0 Å². The molecule has 1 aliphatic rings. The standard InChI is InChI=1S/C27H21NO3/c29-26(25-22-14-5-3-12-20(22)21-13-4-6-15-23(21)25)28-24(27(30)31)16-18-10-7-9-17-8-1-2-11-19(17)18/h1-15,24-25H,16H2,(H,28,29)(H,30,31)/t24-/m0/s1. The van der Waals surface area contributed by atoms with Crippen LogP contribution in [-0.4, -0.2) is 23.0 Å². The van der Waals surface area contributed by atoms with Crippen molar-refractivity contribution >= 4 is 22.6 Å². The van der Waals surface area contributed by atoms with E-state index in [0.717, 1.165) is 38.6 Å². The molecule has 0 heterocycles. The number of carbonyl (C=O) groups is 2. The van der Waals surface area contributed by atoms with Gasteiger partial charge < -0.3 is 10.4 Å². The van der Waals surface area contributed by atoms with Gasteiger partial charge in [0.25, 0.3) is 0 Å². The number of amides is 1. The van der Waals surface area contributed by atoms with Crippen molar-refractivity contribution in [3.63, 3.8) is 0 Å². The quantitative estimate of drug-likeness (QED) is 0.501. The molecule has 4 heteroatoms. The molecule has 5 rings (SSSR count). The van der Waals surface area contributed by atoms with Crippen molar-refractivity contribution in [3.05, 3.63) is 108 Å². The van der Waals surface area contributed by atoms with Crippen LogP contribution in [-0.2, 0) is 16.0 Å². The van der Waals surface area contributed by atoms with Crippen molar-refractivity contribution in [2.45, 2.75) is 18.4 Å². The largest absolute Gasteiger partial charge is 0.480 e. The number of nitrogens with one attached hydrogen (secondary N) is 1. The number of carboxylic acids is 1. The van der Waals surface area contributed by atoms with E-state index in [1.54, 1.807) is 0 Å². The van der Waals surface area contributed by atoms with Gasteiger partial charge in [-0.3, -0.25) is 4.79 Å². The molecule has 0 spiro atoms. The fraction of sp³-hybridized carbons (Fsp3) is 0.111. The van der Waals surface area contributed by atoms with Gasteiger partial charge in [0.15, 0.2) is 0 Å². The van der Waals surface area contributed by atoms with E-state index in [0.29, 0.717) is 0 Å². The third-order valence-corrected chi connectivity index (χ3v) is 6.01. The van der Waals surface area contributed by atoms with Crippen molar-refractivity contribution in [1.29, 1.82) is 0 Å². The Kier molecular flexibility index (Phi) is 4.75. The second-order valence-corrected chi connectivity index (χ2v) is 7.85. The summed E-state index contributed by atoms with van der Waals surface area (Å²) in [7, 11) is 0. The minimum absolute atomic E-state index is 0.221. The molecule has 1 aliphatic carbocycles. The zero-order valence-electron chi connectivity index (χ0n) is 16.8. The fourth-order valence-corrected chi connectivity index (χ4v) is 4.58. The smallest absolute Gasteiger partial charge is 0.326 e. The van der Waals surface area contributed by atoms with Crippen LogP contribution in [0.25, 0.3) is 21.9 Å². The van der Waals surface area contributed by atoms with Gasteiger partial charge in [-0.25, -0.2) is 4.79 Å². The molecular weight excluding hydrogens is 386 g/mol. The molecule has 0 radical (unpaired) electrons. The van der Waals surface area contributed by atoms with E-state index < -0.39 is 17.9 Å². The maximum absolute atomic E-state index is 13.4. The molecular formula is C27H21NO3. The van der Waals surface area contributed by atoms with Crippen molar-refractivity contribution in [2.24, 2.45) is 0 Å². The van der Waals surface area contributed by atoms with Crippen LogP contribution in [0.5, 0.6) is 0 Å². The van der Waals surface area contributed by atoms with Gasteiger partial charge in [0, 0.05) is 6.42 Å². The first kappa shape index (κ1) is 19.1. The zero-order valence-corrected chi connectivity index (χ0v) is 16.8. The molecule has 0 aromatic heterocycles. The normalized spacial score (nSPS) is 13.4. The Bertz CT molecular complexity index is 1260. The summed E-state index contributed by atoms with van der Waals surface area (Å²) >= 11 is 0. The third-order valence-electron chi connectivity index (χ3n) is 6.01. The van der Waals surface area contributed by atoms with Crippen molar-refractivity contribution in [1.82, 2.24) is 5.32 Å². The lowest BCUT2D eigenvalue weighted by Crippen LogP contribution is -2.44. The second kappa shape index (κ2) is 7.73. The number of fused-ring (bicyclic) bond motifs is 4. The third kappa shape index (κ3) is 3.36. The number of hydrogen-bond donors (Lipinski definition) is 2. The summed E-state index contributed by atoms with van der Waals surface area (Å²) in [6.07, 6.45) is 0.221. The second-order valence-electron chi connectivity index (χ2n) is 7.85. The van der Waals surface area contributed by atoms with E-state index >= 15 is 0 Å².